The van der Waals surface area contributed by atoms with Crippen LogP contribution in [0.1, 0.15) is 53.9 Å². The SMILES string of the molecule is C=C(CC)CC(C)(C)CCNC(C)C. The van der Waals surface area contributed by atoms with Crippen LogP contribution in [0.4, 0.5) is 0 Å². The molecule has 1 nitrogen and oxygen atoms in total. The molecular weight excluding hydrogens is 170 g/mol. The molecule has 0 aliphatic carbocycles. The first-order chi connectivity index (χ1) is 6.37. The van der Waals surface area contributed by atoms with Crippen molar-refractivity contribution < 1.29 is 0 Å². The highest BCUT2D eigenvalue weighted by Crippen LogP contribution is 2.28. The first kappa shape index (κ1) is 13.7. The predicted molar refractivity (Wildman–Crippen MR) is 65.6 cm³/mol. The van der Waals surface area contributed by atoms with E-state index in [1.807, 2.05) is 0 Å². The van der Waals surface area contributed by atoms with Crippen LogP contribution in [-0.2, 0) is 0 Å². The number of rotatable bonds is 7. The van der Waals surface area contributed by atoms with Crippen molar-refractivity contribution >= 4 is 0 Å². The maximum Gasteiger partial charge on any atom is 0.00103 e. The fraction of sp³-hybridized carbons (Fsp3) is 0.846. The Hall–Kier alpha value is -0.300. The average Bonchev–Trinajstić information content (AvgIpc) is 2.02. The summed E-state index contributed by atoms with van der Waals surface area (Å²) in [5.74, 6) is 0. The fourth-order valence-electron chi connectivity index (χ4n) is 1.59. The van der Waals surface area contributed by atoms with Crippen molar-refractivity contribution in [2.24, 2.45) is 5.41 Å². The zero-order valence-corrected chi connectivity index (χ0v) is 10.6. The zero-order chi connectivity index (χ0) is 11.2. The summed E-state index contributed by atoms with van der Waals surface area (Å²) in [5.41, 5.74) is 1.77. The van der Waals surface area contributed by atoms with Gasteiger partial charge < -0.3 is 5.32 Å². The van der Waals surface area contributed by atoms with Crippen LogP contribution >= 0.6 is 0 Å². The summed E-state index contributed by atoms with van der Waals surface area (Å²) in [6.07, 6.45) is 3.49. The summed E-state index contributed by atoms with van der Waals surface area (Å²) in [6.45, 7) is 16.4. The molecule has 0 aliphatic heterocycles. The fourth-order valence-corrected chi connectivity index (χ4v) is 1.59. The van der Waals surface area contributed by atoms with Crippen molar-refractivity contribution in [1.82, 2.24) is 5.32 Å². The largest absolute Gasteiger partial charge is 0.315 e. The highest BCUT2D eigenvalue weighted by molar-refractivity contribution is 4.97. The van der Waals surface area contributed by atoms with Gasteiger partial charge in [-0.15, -0.1) is 0 Å². The molecular formula is C13H27N. The molecule has 0 aliphatic rings. The van der Waals surface area contributed by atoms with E-state index in [2.05, 4.69) is 46.5 Å². The molecule has 0 saturated heterocycles. The van der Waals surface area contributed by atoms with E-state index < -0.39 is 0 Å². The lowest BCUT2D eigenvalue weighted by Crippen LogP contribution is -2.27. The van der Waals surface area contributed by atoms with Crippen LogP contribution in [0, 0.1) is 5.41 Å². The molecule has 0 amide bonds. The summed E-state index contributed by atoms with van der Waals surface area (Å²) in [4.78, 5) is 0. The monoisotopic (exact) mass is 197 g/mol. The van der Waals surface area contributed by atoms with E-state index in [0.29, 0.717) is 11.5 Å². The molecule has 14 heavy (non-hydrogen) atoms. The Morgan fingerprint density at radius 2 is 1.93 bits per heavy atom. The van der Waals surface area contributed by atoms with Crippen LogP contribution in [0.25, 0.3) is 0 Å². The van der Waals surface area contributed by atoms with E-state index in [0.717, 1.165) is 19.4 Å². The normalized spacial score (nSPS) is 12.1. The summed E-state index contributed by atoms with van der Waals surface area (Å²) in [7, 11) is 0. The van der Waals surface area contributed by atoms with Gasteiger partial charge in [-0.05, 0) is 31.2 Å². The van der Waals surface area contributed by atoms with E-state index >= 15 is 0 Å². The van der Waals surface area contributed by atoms with Crippen molar-refractivity contribution in [2.45, 2.75) is 59.9 Å². The first-order valence-corrected chi connectivity index (χ1v) is 5.77. The van der Waals surface area contributed by atoms with Crippen molar-refractivity contribution in [1.29, 1.82) is 0 Å². The standard InChI is InChI=1S/C13H27N/c1-7-12(4)10-13(5,6)8-9-14-11(2)3/h11,14H,4,7-10H2,1-3,5-6H3. The quantitative estimate of drug-likeness (QED) is 0.613. The number of allylic oxidation sites excluding steroid dienone is 1. The summed E-state index contributed by atoms with van der Waals surface area (Å²) < 4.78 is 0. The minimum atomic E-state index is 0.398. The van der Waals surface area contributed by atoms with Gasteiger partial charge in [0.25, 0.3) is 0 Å². The van der Waals surface area contributed by atoms with Crippen molar-refractivity contribution in [2.75, 3.05) is 6.54 Å². The van der Waals surface area contributed by atoms with Gasteiger partial charge in [0.2, 0.25) is 0 Å². The summed E-state index contributed by atoms with van der Waals surface area (Å²) in [6, 6.07) is 0.597. The number of hydrogen-bond donors (Lipinski definition) is 1. The molecule has 0 saturated carbocycles. The summed E-state index contributed by atoms with van der Waals surface area (Å²) >= 11 is 0. The van der Waals surface area contributed by atoms with E-state index in [9.17, 15) is 0 Å². The molecule has 0 aromatic carbocycles. The topological polar surface area (TPSA) is 12.0 Å². The minimum absolute atomic E-state index is 0.398. The molecule has 0 radical (unpaired) electrons. The third kappa shape index (κ3) is 7.14. The third-order valence-electron chi connectivity index (χ3n) is 2.58. The van der Waals surface area contributed by atoms with Gasteiger partial charge in [0.1, 0.15) is 0 Å². The molecule has 0 aromatic heterocycles. The maximum atomic E-state index is 4.08. The Morgan fingerprint density at radius 3 is 2.36 bits per heavy atom. The van der Waals surface area contributed by atoms with Gasteiger partial charge in [0, 0.05) is 6.04 Å². The summed E-state index contributed by atoms with van der Waals surface area (Å²) in [5, 5.41) is 3.46. The average molecular weight is 197 g/mol. The Kier molecular flexibility index (Phi) is 6.10. The second-order valence-electron chi connectivity index (χ2n) is 5.30. The van der Waals surface area contributed by atoms with Crippen molar-refractivity contribution in [3.8, 4) is 0 Å². The minimum Gasteiger partial charge on any atom is -0.315 e. The molecule has 0 atom stereocenters. The second kappa shape index (κ2) is 6.23. The molecule has 84 valence electrons. The van der Waals surface area contributed by atoms with Gasteiger partial charge in [-0.1, -0.05) is 46.8 Å². The van der Waals surface area contributed by atoms with Gasteiger partial charge in [0.05, 0.1) is 0 Å². The molecule has 1 heteroatoms. The third-order valence-corrected chi connectivity index (χ3v) is 2.58. The number of nitrogens with one attached hydrogen (secondary N) is 1. The maximum absolute atomic E-state index is 4.08. The van der Waals surface area contributed by atoms with Crippen LogP contribution in [0.2, 0.25) is 0 Å². The molecule has 0 aromatic rings. The molecule has 0 fully saturated rings. The van der Waals surface area contributed by atoms with Crippen molar-refractivity contribution in [3.05, 3.63) is 12.2 Å². The van der Waals surface area contributed by atoms with Gasteiger partial charge in [-0.2, -0.15) is 0 Å². The van der Waals surface area contributed by atoms with Crippen LogP contribution in [0.3, 0.4) is 0 Å². The first-order valence-electron chi connectivity index (χ1n) is 5.77. The molecule has 0 rings (SSSR count). The van der Waals surface area contributed by atoms with E-state index in [-0.39, 0.29) is 0 Å². The van der Waals surface area contributed by atoms with E-state index in [4.69, 9.17) is 0 Å². The molecule has 0 spiro atoms. The highest BCUT2D eigenvalue weighted by Gasteiger charge is 2.17. The highest BCUT2D eigenvalue weighted by atomic mass is 14.9. The number of hydrogen-bond acceptors (Lipinski definition) is 1. The lowest BCUT2D eigenvalue weighted by atomic mass is 9.82. The second-order valence-corrected chi connectivity index (χ2v) is 5.30. The van der Waals surface area contributed by atoms with Crippen molar-refractivity contribution in [3.63, 3.8) is 0 Å². The Morgan fingerprint density at radius 1 is 1.36 bits per heavy atom. The molecule has 0 unspecified atom stereocenters. The van der Waals surface area contributed by atoms with Gasteiger partial charge in [-0.25, -0.2) is 0 Å². The Labute approximate surface area is 90.0 Å². The lowest BCUT2D eigenvalue weighted by molar-refractivity contribution is 0.318. The molecule has 0 heterocycles. The zero-order valence-electron chi connectivity index (χ0n) is 10.6. The van der Waals surface area contributed by atoms with Crippen LogP contribution in [0.15, 0.2) is 12.2 Å². The van der Waals surface area contributed by atoms with E-state index in [1.54, 1.807) is 0 Å². The Bertz CT molecular complexity index is 168. The van der Waals surface area contributed by atoms with Gasteiger partial charge in [0.15, 0.2) is 0 Å². The van der Waals surface area contributed by atoms with E-state index in [1.165, 1.54) is 12.0 Å². The predicted octanol–water partition coefficient (Wildman–Crippen LogP) is 3.76. The molecule has 1 N–H and O–H groups in total. The lowest BCUT2D eigenvalue weighted by Gasteiger charge is -2.26. The van der Waals surface area contributed by atoms with Gasteiger partial charge in [-0.3, -0.25) is 0 Å². The van der Waals surface area contributed by atoms with Gasteiger partial charge >= 0.3 is 0 Å². The van der Waals surface area contributed by atoms with Crippen LogP contribution in [0.5, 0.6) is 0 Å². The molecule has 0 bridgehead atoms. The Balaban J connectivity index is 3.77. The van der Waals surface area contributed by atoms with Crippen LogP contribution < -0.4 is 5.32 Å². The smallest absolute Gasteiger partial charge is 0.00103 e. The van der Waals surface area contributed by atoms with Crippen LogP contribution in [-0.4, -0.2) is 12.6 Å².